The van der Waals surface area contributed by atoms with Gasteiger partial charge >= 0.3 is 18.5 Å². The molecule has 2 N–H and O–H groups in total. The highest BCUT2D eigenvalue weighted by atomic mass is 19.1. The van der Waals surface area contributed by atoms with E-state index < -0.39 is 18.5 Å². The lowest BCUT2D eigenvalue weighted by atomic mass is 10.2. The van der Waals surface area contributed by atoms with Gasteiger partial charge in [-0.05, 0) is 37.6 Å². The van der Waals surface area contributed by atoms with Crippen molar-refractivity contribution < 1.29 is 52.3 Å². The number of halogens is 2. The van der Waals surface area contributed by atoms with Crippen molar-refractivity contribution in [2.24, 2.45) is 0 Å². The van der Waals surface area contributed by atoms with Gasteiger partial charge in [0, 0.05) is 0 Å². The molecular formula is C21H26F2O9. The highest BCUT2D eigenvalue weighted by molar-refractivity contribution is 5.59. The molecule has 0 aliphatic carbocycles. The minimum atomic E-state index is -1.45. The van der Waals surface area contributed by atoms with Gasteiger partial charge in [0.2, 0.25) is 0 Å². The monoisotopic (exact) mass is 460 g/mol. The predicted octanol–water partition coefficient (Wildman–Crippen LogP) is 5.12. The second kappa shape index (κ2) is 20.4. The first kappa shape index (κ1) is 30.3. The normalized spacial score (nSPS) is 8.53. The number of hydrogen-bond acceptors (Lipinski definition) is 7. The number of carbonyl (C=O) groups excluding carboxylic acids is 1. The van der Waals surface area contributed by atoms with Crippen LogP contribution in [0.4, 0.5) is 23.2 Å². The highest BCUT2D eigenvalue weighted by Crippen LogP contribution is 2.02. The molecule has 11 heteroatoms. The van der Waals surface area contributed by atoms with E-state index in [4.69, 9.17) is 10.2 Å². The van der Waals surface area contributed by atoms with Crippen molar-refractivity contribution in [3.05, 3.63) is 71.8 Å². The molecule has 32 heavy (non-hydrogen) atoms. The fraction of sp³-hybridized carbons (Fsp3) is 0.286. The van der Waals surface area contributed by atoms with E-state index in [1.165, 1.54) is 25.3 Å². The average Bonchev–Trinajstić information content (AvgIpc) is 2.75. The van der Waals surface area contributed by atoms with E-state index in [9.17, 15) is 23.2 Å². The first-order chi connectivity index (χ1) is 15.1. The second-order valence-corrected chi connectivity index (χ2v) is 5.16. The molecule has 0 spiro atoms. The van der Waals surface area contributed by atoms with Crippen LogP contribution < -0.4 is 0 Å². The largest absolute Gasteiger partial charge is 0.507 e. The molecule has 0 amide bonds. The maximum Gasteiger partial charge on any atom is 0.507 e. The van der Waals surface area contributed by atoms with Gasteiger partial charge in [0.25, 0.3) is 0 Å². The number of carbonyl (C=O) groups is 3. The second-order valence-electron chi connectivity index (χ2n) is 5.16. The lowest BCUT2D eigenvalue weighted by Gasteiger charge is -1.98. The zero-order chi connectivity index (χ0) is 24.8. The molecule has 0 fully saturated rings. The fourth-order valence-corrected chi connectivity index (χ4v) is 1.40. The van der Waals surface area contributed by atoms with E-state index >= 15 is 0 Å². The van der Waals surface area contributed by atoms with Crippen LogP contribution in [0.25, 0.3) is 0 Å². The number of aryl methyl sites for hydroxylation is 1. The van der Waals surface area contributed by atoms with Crippen LogP contribution in [0.2, 0.25) is 0 Å². The van der Waals surface area contributed by atoms with Gasteiger partial charge in [-0.3, -0.25) is 0 Å². The molecule has 2 aromatic rings. The Morgan fingerprint density at radius 1 is 0.812 bits per heavy atom. The summed E-state index contributed by atoms with van der Waals surface area (Å²) in [5, 5.41) is 15.7. The number of rotatable bonds is 4. The molecule has 0 atom stereocenters. The van der Waals surface area contributed by atoms with Crippen LogP contribution in [0, 0.1) is 18.6 Å². The molecule has 0 heterocycles. The van der Waals surface area contributed by atoms with Crippen LogP contribution in [0.3, 0.4) is 0 Å². The average molecular weight is 460 g/mol. The number of carboxylic acid groups (broad SMARTS) is 2. The summed E-state index contributed by atoms with van der Waals surface area (Å²) in [6.07, 6.45) is -3.52. The van der Waals surface area contributed by atoms with Crippen molar-refractivity contribution in [1.82, 2.24) is 0 Å². The van der Waals surface area contributed by atoms with E-state index in [1.807, 2.05) is 6.07 Å². The molecule has 0 bridgehead atoms. The summed E-state index contributed by atoms with van der Waals surface area (Å²) in [6, 6.07) is 14.6. The maximum atomic E-state index is 12.3. The lowest BCUT2D eigenvalue weighted by Crippen LogP contribution is -2.10. The number of hydrogen-bond donors (Lipinski definition) is 2. The van der Waals surface area contributed by atoms with E-state index in [-0.39, 0.29) is 24.8 Å². The minimum absolute atomic E-state index is 0.132. The molecule has 2 rings (SSSR count). The Hall–Kier alpha value is -3.89. The van der Waals surface area contributed by atoms with Crippen LogP contribution in [0.15, 0.2) is 54.6 Å². The molecule has 0 aromatic heterocycles. The molecule has 0 saturated heterocycles. The standard InChI is InChI=1S/C7H7F.C6H5F.C4H6O6.C4H8O3/c1-6-4-2-3-5-7(6)8;7-6-4-2-1-3-5-6;5-3(6)9-1-2-10-4(7)8;1-3-7-4(5)6-2/h2-5H,1H3;1-5H;1-2H2,(H,5,6)(H,7,8);3H2,1-2H3. The Morgan fingerprint density at radius 2 is 1.28 bits per heavy atom. The van der Waals surface area contributed by atoms with E-state index in [0.29, 0.717) is 12.2 Å². The van der Waals surface area contributed by atoms with Crippen LogP contribution in [-0.4, -0.2) is 55.6 Å². The number of methoxy groups -OCH3 is 1. The number of benzene rings is 2. The predicted molar refractivity (Wildman–Crippen MR) is 110 cm³/mol. The molecule has 0 aliphatic rings. The first-order valence-electron chi connectivity index (χ1n) is 8.97. The molecule has 0 saturated carbocycles. The van der Waals surface area contributed by atoms with Gasteiger partial charge in [-0.25, -0.2) is 23.2 Å². The van der Waals surface area contributed by atoms with Crippen LogP contribution in [0.1, 0.15) is 12.5 Å². The van der Waals surface area contributed by atoms with E-state index in [2.05, 4.69) is 18.9 Å². The summed E-state index contributed by atoms with van der Waals surface area (Å²) in [7, 11) is 1.28. The van der Waals surface area contributed by atoms with Gasteiger partial charge in [-0.2, -0.15) is 0 Å². The Morgan fingerprint density at radius 3 is 1.53 bits per heavy atom. The maximum absolute atomic E-state index is 12.3. The van der Waals surface area contributed by atoms with Gasteiger partial charge in [0.1, 0.15) is 24.8 Å². The van der Waals surface area contributed by atoms with Crippen molar-refractivity contribution in [3.63, 3.8) is 0 Å². The quantitative estimate of drug-likeness (QED) is 0.363. The minimum Gasteiger partial charge on any atom is -0.450 e. The van der Waals surface area contributed by atoms with Crippen molar-refractivity contribution in [1.29, 1.82) is 0 Å². The Kier molecular flexibility index (Phi) is 19.3. The van der Waals surface area contributed by atoms with Crippen LogP contribution in [0.5, 0.6) is 0 Å². The summed E-state index contributed by atoms with van der Waals surface area (Å²) in [5.41, 5.74) is 0.701. The van der Waals surface area contributed by atoms with Gasteiger partial charge in [-0.15, -0.1) is 0 Å². The van der Waals surface area contributed by atoms with Crippen molar-refractivity contribution in [2.75, 3.05) is 26.9 Å². The molecule has 0 radical (unpaired) electrons. The highest BCUT2D eigenvalue weighted by Gasteiger charge is 1.98. The summed E-state index contributed by atoms with van der Waals surface area (Å²) in [5.74, 6) is -0.310. The van der Waals surface area contributed by atoms with Crippen molar-refractivity contribution >= 4 is 18.5 Å². The molecular weight excluding hydrogens is 434 g/mol. The van der Waals surface area contributed by atoms with Gasteiger partial charge in [-0.1, -0.05) is 36.4 Å². The summed E-state index contributed by atoms with van der Waals surface area (Å²) in [6.45, 7) is 3.28. The van der Waals surface area contributed by atoms with Gasteiger partial charge in [0.15, 0.2) is 0 Å². The SMILES string of the molecule is CCOC(=O)OC.Cc1ccccc1F.Fc1ccccc1.O=C(O)OCCOC(=O)O. The van der Waals surface area contributed by atoms with Crippen molar-refractivity contribution in [3.8, 4) is 0 Å². The van der Waals surface area contributed by atoms with Crippen LogP contribution in [-0.2, 0) is 18.9 Å². The molecule has 0 unspecified atom stereocenters. The van der Waals surface area contributed by atoms with Crippen LogP contribution >= 0.6 is 0 Å². The van der Waals surface area contributed by atoms with Gasteiger partial charge < -0.3 is 29.2 Å². The fourth-order valence-electron chi connectivity index (χ4n) is 1.40. The molecule has 2 aromatic carbocycles. The third-order valence-corrected chi connectivity index (χ3v) is 2.77. The van der Waals surface area contributed by atoms with Gasteiger partial charge in [0.05, 0.1) is 13.7 Å². The molecule has 9 nitrogen and oxygen atoms in total. The van der Waals surface area contributed by atoms with E-state index in [0.717, 1.165) is 0 Å². The Labute approximate surface area is 184 Å². The van der Waals surface area contributed by atoms with E-state index in [1.54, 1.807) is 44.2 Å². The first-order valence-corrected chi connectivity index (χ1v) is 8.97. The summed E-state index contributed by atoms with van der Waals surface area (Å²) < 4.78 is 40.5. The molecule has 178 valence electrons. The Balaban J connectivity index is 0. The third-order valence-electron chi connectivity index (χ3n) is 2.77. The third kappa shape index (κ3) is 22.4. The summed E-state index contributed by atoms with van der Waals surface area (Å²) >= 11 is 0. The zero-order valence-electron chi connectivity index (χ0n) is 17.8. The lowest BCUT2D eigenvalue weighted by molar-refractivity contribution is 0.0472. The smallest absolute Gasteiger partial charge is 0.450 e. The zero-order valence-corrected chi connectivity index (χ0v) is 17.8. The number of ether oxygens (including phenoxy) is 4. The van der Waals surface area contributed by atoms with Crippen molar-refractivity contribution in [2.45, 2.75) is 13.8 Å². The molecule has 0 aliphatic heterocycles. The Bertz CT molecular complexity index is 734. The summed E-state index contributed by atoms with van der Waals surface area (Å²) in [4.78, 5) is 29.2. The topological polar surface area (TPSA) is 129 Å².